The van der Waals surface area contributed by atoms with Gasteiger partial charge in [-0.25, -0.2) is 0 Å². The zero-order valence-electron chi connectivity index (χ0n) is 7.49. The van der Waals surface area contributed by atoms with Crippen molar-refractivity contribution in [3.8, 4) is 0 Å². The Balaban J connectivity index is 2.51. The van der Waals surface area contributed by atoms with Crippen molar-refractivity contribution >= 4 is 35.4 Å². The van der Waals surface area contributed by atoms with E-state index < -0.39 is 18.3 Å². The zero-order chi connectivity index (χ0) is 10.3. The Morgan fingerprint density at radius 2 is 2.36 bits per heavy atom. The van der Waals surface area contributed by atoms with Crippen molar-refractivity contribution in [3.05, 3.63) is 22.7 Å². The van der Waals surface area contributed by atoms with Gasteiger partial charge >= 0.3 is 7.12 Å². The van der Waals surface area contributed by atoms with E-state index in [0.717, 1.165) is 5.56 Å². The highest BCUT2D eigenvalue weighted by Crippen LogP contribution is 2.24. The fourth-order valence-electron chi connectivity index (χ4n) is 1.44. The summed E-state index contributed by atoms with van der Waals surface area (Å²) in [5.41, 5.74) is 1.52. The monoisotopic (exact) mass is 230 g/mol. The highest BCUT2D eigenvalue weighted by Gasteiger charge is 2.30. The molecule has 0 saturated carbocycles. The topological polar surface area (TPSA) is 52.5 Å². The van der Waals surface area contributed by atoms with Gasteiger partial charge in [-0.05, 0) is 34.3 Å². The van der Waals surface area contributed by atoms with Gasteiger partial charge in [-0.1, -0.05) is 11.6 Å². The molecule has 0 aliphatic carbocycles. The van der Waals surface area contributed by atoms with Gasteiger partial charge in [0.25, 0.3) is 0 Å². The van der Waals surface area contributed by atoms with Crippen LogP contribution < -0.4 is 5.46 Å². The highest BCUT2D eigenvalue weighted by molar-refractivity contribution is 7.90. The zero-order valence-corrected chi connectivity index (χ0v) is 9.06. The van der Waals surface area contributed by atoms with E-state index in [4.69, 9.17) is 16.3 Å². The molecule has 1 aliphatic heterocycles. The molecule has 2 rings (SSSR count). The average molecular weight is 230 g/mol. The van der Waals surface area contributed by atoms with Crippen molar-refractivity contribution in [1.29, 1.82) is 0 Å². The normalized spacial score (nSPS) is 17.0. The number of halogens is 1. The fraction of sp³-hybridized carbons (Fsp3) is 0.250. The standard InChI is InChI=1S/C8H8BClO3S/c1-14(12)8-3-6-5(2-7(8)10)4-13-9(6)11/h2-3,11H,4H2,1H3. The minimum atomic E-state index is -1.15. The van der Waals surface area contributed by atoms with Crippen LogP contribution in [-0.4, -0.2) is 23.0 Å². The van der Waals surface area contributed by atoms with Gasteiger partial charge < -0.3 is 14.2 Å². The predicted octanol–water partition coefficient (Wildman–Crippen LogP) is 0.295. The molecule has 6 heteroatoms. The Morgan fingerprint density at radius 1 is 1.64 bits per heavy atom. The summed E-state index contributed by atoms with van der Waals surface area (Å²) in [7, 11) is -0.912. The number of hydrogen-bond acceptors (Lipinski definition) is 3. The van der Waals surface area contributed by atoms with Crippen LogP contribution in [0.3, 0.4) is 0 Å². The molecule has 0 fully saturated rings. The number of fused-ring (bicyclic) bond motifs is 1. The average Bonchev–Trinajstić information content (AvgIpc) is 2.46. The summed E-state index contributed by atoms with van der Waals surface area (Å²) in [5, 5.41) is 9.87. The Bertz CT molecular complexity index is 371. The van der Waals surface area contributed by atoms with Gasteiger partial charge in [-0.3, -0.25) is 0 Å². The third-order valence-electron chi connectivity index (χ3n) is 2.17. The second-order valence-electron chi connectivity index (χ2n) is 3.10. The lowest BCUT2D eigenvalue weighted by atomic mass is 9.80. The van der Waals surface area contributed by atoms with Crippen LogP contribution in [0, 0.1) is 0 Å². The van der Waals surface area contributed by atoms with Crippen molar-refractivity contribution in [2.24, 2.45) is 0 Å². The Kier molecular flexibility index (Phi) is 2.77. The first-order valence-electron chi connectivity index (χ1n) is 4.05. The van der Waals surface area contributed by atoms with Crippen molar-refractivity contribution in [1.82, 2.24) is 0 Å². The molecule has 74 valence electrons. The summed E-state index contributed by atoms with van der Waals surface area (Å²) in [6.45, 7) is 0.354. The summed E-state index contributed by atoms with van der Waals surface area (Å²) in [6, 6.07) is 3.34. The van der Waals surface area contributed by atoms with Crippen LogP contribution in [0.25, 0.3) is 0 Å². The molecule has 1 aliphatic rings. The second kappa shape index (κ2) is 3.75. The first-order valence-corrected chi connectivity index (χ1v) is 5.98. The summed E-state index contributed by atoms with van der Waals surface area (Å²) >= 11 is 4.77. The first-order chi connectivity index (χ1) is 6.59. The fourth-order valence-corrected chi connectivity index (χ4v) is 2.58. The van der Waals surface area contributed by atoms with Gasteiger partial charge in [-0.15, -0.1) is 0 Å². The van der Waals surface area contributed by atoms with Crippen LogP contribution in [0.1, 0.15) is 5.56 Å². The summed E-state index contributed by atoms with van der Waals surface area (Å²) in [5.74, 6) is 0. The molecule has 0 aromatic heterocycles. The lowest BCUT2D eigenvalue weighted by molar-refractivity contribution is 0.275. The smallest absolute Gasteiger partial charge is 0.491 e. The third-order valence-corrected chi connectivity index (χ3v) is 3.55. The molecule has 0 bridgehead atoms. The number of benzene rings is 1. The Morgan fingerprint density at radius 3 is 3.00 bits per heavy atom. The molecule has 0 saturated heterocycles. The minimum absolute atomic E-state index is 0.354. The highest BCUT2D eigenvalue weighted by atomic mass is 35.5. The molecule has 0 amide bonds. The molecule has 3 nitrogen and oxygen atoms in total. The Labute approximate surface area is 90.4 Å². The summed E-state index contributed by atoms with van der Waals surface area (Å²) in [6.07, 6.45) is 1.55. The van der Waals surface area contributed by atoms with E-state index in [1.165, 1.54) is 0 Å². The maximum absolute atomic E-state index is 11.3. The van der Waals surface area contributed by atoms with E-state index in [2.05, 4.69) is 0 Å². The molecule has 1 aromatic rings. The Hall–Kier alpha value is -0.195. The van der Waals surface area contributed by atoms with Gasteiger partial charge in [0.15, 0.2) is 4.90 Å². The first kappa shape index (κ1) is 10.3. The number of rotatable bonds is 1. The van der Waals surface area contributed by atoms with E-state index in [1.807, 2.05) is 0 Å². The molecule has 1 N–H and O–H groups in total. The molecule has 1 aromatic carbocycles. The molecule has 14 heavy (non-hydrogen) atoms. The SMILES string of the molecule is C[S+]([O-])c1cc2c(cc1Cl)COB2O. The van der Waals surface area contributed by atoms with Crippen LogP contribution in [0.2, 0.25) is 5.02 Å². The summed E-state index contributed by atoms with van der Waals surface area (Å²) in [4.78, 5) is 0.537. The van der Waals surface area contributed by atoms with Gasteiger partial charge in [0.05, 0.1) is 11.6 Å². The minimum Gasteiger partial charge on any atom is -0.612 e. The second-order valence-corrected chi connectivity index (χ2v) is 4.85. The molecular weight excluding hydrogens is 222 g/mol. The van der Waals surface area contributed by atoms with Crippen LogP contribution >= 0.6 is 11.6 Å². The van der Waals surface area contributed by atoms with E-state index in [0.29, 0.717) is 22.0 Å². The van der Waals surface area contributed by atoms with Crippen LogP contribution in [0.4, 0.5) is 0 Å². The van der Waals surface area contributed by atoms with Crippen LogP contribution in [-0.2, 0) is 22.4 Å². The third kappa shape index (κ3) is 1.66. The molecule has 0 spiro atoms. The summed E-state index contributed by atoms with van der Waals surface area (Å²) < 4.78 is 16.3. The number of hydrogen-bond donors (Lipinski definition) is 1. The molecule has 1 atom stereocenters. The maximum atomic E-state index is 11.3. The maximum Gasteiger partial charge on any atom is 0.491 e. The molecule has 1 heterocycles. The van der Waals surface area contributed by atoms with Crippen molar-refractivity contribution in [3.63, 3.8) is 0 Å². The molecule has 1 unspecified atom stereocenters. The van der Waals surface area contributed by atoms with Gasteiger partial charge in [0, 0.05) is 0 Å². The van der Waals surface area contributed by atoms with Gasteiger partial charge in [0.2, 0.25) is 0 Å². The lowest BCUT2D eigenvalue weighted by Crippen LogP contribution is -2.28. The van der Waals surface area contributed by atoms with Crippen molar-refractivity contribution in [2.45, 2.75) is 11.5 Å². The van der Waals surface area contributed by atoms with E-state index in [9.17, 15) is 9.58 Å². The van der Waals surface area contributed by atoms with Gasteiger partial charge in [0.1, 0.15) is 6.26 Å². The van der Waals surface area contributed by atoms with Crippen molar-refractivity contribution < 1.29 is 14.2 Å². The largest absolute Gasteiger partial charge is 0.612 e. The van der Waals surface area contributed by atoms with Crippen LogP contribution in [0.5, 0.6) is 0 Å². The quantitative estimate of drug-likeness (QED) is 0.557. The van der Waals surface area contributed by atoms with E-state index in [-0.39, 0.29) is 0 Å². The van der Waals surface area contributed by atoms with E-state index in [1.54, 1.807) is 18.4 Å². The van der Waals surface area contributed by atoms with Crippen molar-refractivity contribution in [2.75, 3.05) is 6.26 Å². The van der Waals surface area contributed by atoms with E-state index >= 15 is 0 Å². The van der Waals surface area contributed by atoms with Gasteiger partial charge in [-0.2, -0.15) is 0 Å². The molecular formula is C8H8BClO3S. The lowest BCUT2D eigenvalue weighted by Gasteiger charge is -2.08. The predicted molar refractivity (Wildman–Crippen MR) is 56.2 cm³/mol. The van der Waals surface area contributed by atoms with Crippen LogP contribution in [0.15, 0.2) is 17.0 Å². The molecule has 0 radical (unpaired) electrons.